The maximum Gasteiger partial charge on any atom is 0.259 e. The third-order valence-corrected chi connectivity index (χ3v) is 3.81. The lowest BCUT2D eigenvalue weighted by Crippen LogP contribution is -2.50. The number of aromatic nitrogens is 2. The van der Waals surface area contributed by atoms with Crippen LogP contribution in [0.1, 0.15) is 19.3 Å². The molecule has 8 nitrogen and oxygen atoms in total. The van der Waals surface area contributed by atoms with Crippen molar-refractivity contribution in [1.82, 2.24) is 9.71 Å². The maximum absolute atomic E-state index is 9.41. The normalized spacial score (nSPS) is 22.1. The summed E-state index contributed by atoms with van der Waals surface area (Å²) in [6, 6.07) is 1.57. The van der Waals surface area contributed by atoms with E-state index in [2.05, 4.69) is 4.98 Å². The van der Waals surface area contributed by atoms with Crippen LogP contribution in [-0.2, 0) is 9.47 Å². The van der Waals surface area contributed by atoms with Gasteiger partial charge in [0.1, 0.15) is 11.6 Å². The first kappa shape index (κ1) is 13.2. The molecule has 0 aliphatic carbocycles. The molecule has 2 aliphatic heterocycles. The highest BCUT2D eigenvalue weighted by molar-refractivity contribution is 5.46. The first-order chi connectivity index (χ1) is 9.60. The fraction of sp³-hybridized carbons (Fsp3) is 0.667. The Balaban J connectivity index is 1.73. The van der Waals surface area contributed by atoms with Gasteiger partial charge in [0, 0.05) is 32.0 Å². The fourth-order valence-corrected chi connectivity index (χ4v) is 2.65. The number of nitrogens with two attached hydrogens (primary N) is 1. The van der Waals surface area contributed by atoms with Gasteiger partial charge in [-0.2, -0.15) is 4.98 Å². The molecule has 110 valence electrons. The minimum atomic E-state index is -0.449. The topological polar surface area (TPSA) is 110 Å². The number of ether oxygens (including phenoxy) is 2. The third-order valence-electron chi connectivity index (χ3n) is 3.81. The van der Waals surface area contributed by atoms with E-state index < -0.39 is 5.79 Å². The average Bonchev–Trinajstić information content (AvgIpc) is 2.46. The zero-order chi connectivity index (χ0) is 14.2. The number of nitrogen functional groups attached to an aromatic ring is 1. The molecular formula is C12H19N5O3. The molecule has 8 heteroatoms. The van der Waals surface area contributed by atoms with Gasteiger partial charge < -0.3 is 25.3 Å². The number of nitrogens with one attached hydrogen (secondary N) is 1. The summed E-state index contributed by atoms with van der Waals surface area (Å²) in [5.41, 5.74) is 5.37. The summed E-state index contributed by atoms with van der Waals surface area (Å²) in [6.07, 6.45) is 2.47. The van der Waals surface area contributed by atoms with Crippen LogP contribution in [-0.4, -0.2) is 47.0 Å². The van der Waals surface area contributed by atoms with E-state index in [9.17, 15) is 5.21 Å². The Kier molecular flexibility index (Phi) is 3.27. The van der Waals surface area contributed by atoms with Gasteiger partial charge in [0.15, 0.2) is 5.79 Å². The van der Waals surface area contributed by atoms with Crippen molar-refractivity contribution in [2.45, 2.75) is 25.0 Å². The number of piperidine rings is 1. The van der Waals surface area contributed by atoms with E-state index in [0.717, 1.165) is 45.6 Å². The number of anilines is 2. The van der Waals surface area contributed by atoms with Gasteiger partial charge in [-0.1, -0.05) is 0 Å². The molecule has 20 heavy (non-hydrogen) atoms. The molecule has 1 spiro atoms. The van der Waals surface area contributed by atoms with Gasteiger partial charge in [-0.05, 0) is 6.42 Å². The van der Waals surface area contributed by atoms with Crippen molar-refractivity contribution in [2.75, 3.05) is 36.9 Å². The van der Waals surface area contributed by atoms with E-state index in [1.165, 1.54) is 0 Å². The molecule has 0 aromatic carbocycles. The number of hydrogen-bond donors (Lipinski definition) is 3. The molecule has 4 N–H and O–H groups in total. The number of rotatable bonds is 1. The Morgan fingerprint density at radius 2 is 1.95 bits per heavy atom. The molecular weight excluding hydrogens is 262 g/mol. The van der Waals surface area contributed by atoms with Gasteiger partial charge >= 0.3 is 0 Å². The van der Waals surface area contributed by atoms with Crippen LogP contribution in [0.4, 0.5) is 11.6 Å². The summed E-state index contributed by atoms with van der Waals surface area (Å²) >= 11 is 0. The van der Waals surface area contributed by atoms with Crippen LogP contribution in [0.2, 0.25) is 0 Å². The molecule has 0 saturated carbocycles. The highest BCUT2D eigenvalue weighted by Crippen LogP contribution is 2.32. The summed E-state index contributed by atoms with van der Waals surface area (Å²) in [5, 5.41) is 17.0. The number of hydrogen-bond acceptors (Lipinski definition) is 7. The SMILES string of the molecule is N=c1nc(N2CCC3(CC2)OCCCO3)cc(N)n1O. The van der Waals surface area contributed by atoms with Gasteiger partial charge in [0.25, 0.3) is 5.62 Å². The summed E-state index contributed by atoms with van der Waals surface area (Å²) in [6.45, 7) is 2.94. The van der Waals surface area contributed by atoms with Gasteiger partial charge in [-0.25, -0.2) is 0 Å². The number of nitrogens with zero attached hydrogens (tertiary/aromatic N) is 3. The molecule has 0 unspecified atom stereocenters. The van der Waals surface area contributed by atoms with Crippen LogP contribution in [0, 0.1) is 5.41 Å². The zero-order valence-electron chi connectivity index (χ0n) is 11.2. The van der Waals surface area contributed by atoms with Crippen molar-refractivity contribution in [2.24, 2.45) is 0 Å². The minimum absolute atomic E-state index is 0.102. The monoisotopic (exact) mass is 281 g/mol. The fourth-order valence-electron chi connectivity index (χ4n) is 2.65. The van der Waals surface area contributed by atoms with Crippen LogP contribution in [0.3, 0.4) is 0 Å². The lowest BCUT2D eigenvalue weighted by atomic mass is 10.0. The zero-order valence-corrected chi connectivity index (χ0v) is 11.2. The smallest absolute Gasteiger partial charge is 0.259 e. The van der Waals surface area contributed by atoms with Crippen LogP contribution in [0.25, 0.3) is 0 Å². The van der Waals surface area contributed by atoms with E-state index in [-0.39, 0.29) is 11.4 Å². The second kappa shape index (κ2) is 4.95. The quantitative estimate of drug-likeness (QED) is 0.621. The summed E-state index contributed by atoms with van der Waals surface area (Å²) in [7, 11) is 0. The maximum atomic E-state index is 9.41. The van der Waals surface area contributed by atoms with Crippen LogP contribution in [0.15, 0.2) is 6.07 Å². The van der Waals surface area contributed by atoms with Crippen LogP contribution >= 0.6 is 0 Å². The van der Waals surface area contributed by atoms with E-state index >= 15 is 0 Å². The van der Waals surface area contributed by atoms with Crippen molar-refractivity contribution in [3.8, 4) is 0 Å². The summed E-state index contributed by atoms with van der Waals surface area (Å²) in [5.74, 6) is 0.254. The summed E-state index contributed by atoms with van der Waals surface area (Å²) in [4.78, 5) is 6.06. The largest absolute Gasteiger partial charge is 0.423 e. The predicted molar refractivity (Wildman–Crippen MR) is 70.4 cm³/mol. The Morgan fingerprint density at radius 3 is 2.55 bits per heavy atom. The Labute approximate surface area is 116 Å². The van der Waals surface area contributed by atoms with Crippen molar-refractivity contribution in [3.63, 3.8) is 0 Å². The molecule has 0 bridgehead atoms. The lowest BCUT2D eigenvalue weighted by Gasteiger charge is -2.43. The summed E-state index contributed by atoms with van der Waals surface area (Å²) < 4.78 is 12.1. The molecule has 0 amide bonds. The predicted octanol–water partition coefficient (Wildman–Crippen LogP) is -0.0845. The van der Waals surface area contributed by atoms with Gasteiger partial charge in [0.05, 0.1) is 13.2 Å². The van der Waals surface area contributed by atoms with Crippen molar-refractivity contribution >= 4 is 11.6 Å². The Hall–Kier alpha value is -1.80. The highest BCUT2D eigenvalue weighted by atomic mass is 16.7. The molecule has 2 saturated heterocycles. The van der Waals surface area contributed by atoms with Gasteiger partial charge in [0.2, 0.25) is 0 Å². The van der Waals surface area contributed by atoms with Crippen LogP contribution in [0.5, 0.6) is 0 Å². The first-order valence-corrected chi connectivity index (χ1v) is 6.76. The van der Waals surface area contributed by atoms with Gasteiger partial charge in [-0.3, -0.25) is 5.41 Å². The molecule has 3 heterocycles. The standard InChI is InChI=1S/C12H19N5O3/c13-9-8-10(15-11(14)17(9)18)16-4-2-12(3-5-16)19-6-1-7-20-12/h8,14,18H,1-7,13H2. The molecule has 1 aromatic rings. The van der Waals surface area contributed by atoms with E-state index in [4.69, 9.17) is 20.6 Å². The van der Waals surface area contributed by atoms with Crippen LogP contribution < -0.4 is 16.3 Å². The lowest BCUT2D eigenvalue weighted by molar-refractivity contribution is -0.275. The molecule has 3 rings (SSSR count). The third kappa shape index (κ3) is 2.32. The van der Waals surface area contributed by atoms with E-state index in [0.29, 0.717) is 10.5 Å². The van der Waals surface area contributed by atoms with E-state index in [1.54, 1.807) is 6.07 Å². The average molecular weight is 281 g/mol. The minimum Gasteiger partial charge on any atom is -0.423 e. The molecule has 2 fully saturated rings. The van der Waals surface area contributed by atoms with E-state index in [1.807, 2.05) is 4.90 Å². The molecule has 2 aliphatic rings. The molecule has 1 aromatic heterocycles. The highest BCUT2D eigenvalue weighted by Gasteiger charge is 2.38. The Morgan fingerprint density at radius 1 is 1.30 bits per heavy atom. The first-order valence-electron chi connectivity index (χ1n) is 6.76. The van der Waals surface area contributed by atoms with Crippen molar-refractivity contribution < 1.29 is 14.7 Å². The van der Waals surface area contributed by atoms with Crippen molar-refractivity contribution in [3.05, 3.63) is 11.7 Å². The second-order valence-corrected chi connectivity index (χ2v) is 5.12. The second-order valence-electron chi connectivity index (χ2n) is 5.12. The molecule has 0 atom stereocenters. The molecule has 0 radical (unpaired) electrons. The van der Waals surface area contributed by atoms with Gasteiger partial charge in [-0.15, -0.1) is 4.73 Å². The Bertz CT molecular complexity index is 543. The van der Waals surface area contributed by atoms with Crippen molar-refractivity contribution in [1.29, 1.82) is 5.41 Å².